The van der Waals surface area contributed by atoms with E-state index in [-0.39, 0.29) is 0 Å². The normalized spacial score (nSPS) is 11.1. The van der Waals surface area contributed by atoms with Crippen molar-refractivity contribution in [2.75, 3.05) is 0 Å². The zero-order valence-corrected chi connectivity index (χ0v) is 12.7. The molecule has 0 aliphatic rings. The Morgan fingerprint density at radius 3 is 2.36 bits per heavy atom. The number of hydrogen-bond donors (Lipinski definition) is 0. The van der Waals surface area contributed by atoms with Crippen LogP contribution in [0.4, 0.5) is 0 Å². The third-order valence-corrected chi connectivity index (χ3v) is 4.36. The molecular formula is C21H18N+. The summed E-state index contributed by atoms with van der Waals surface area (Å²) in [6, 6.07) is 26.0. The van der Waals surface area contributed by atoms with E-state index in [1.165, 1.54) is 32.8 Å². The summed E-state index contributed by atoms with van der Waals surface area (Å²) in [4.78, 5) is 0. The predicted molar refractivity (Wildman–Crippen MR) is 91.9 cm³/mol. The third-order valence-electron chi connectivity index (χ3n) is 4.36. The molecule has 0 unspecified atom stereocenters. The Morgan fingerprint density at radius 2 is 1.45 bits per heavy atom. The van der Waals surface area contributed by atoms with Crippen molar-refractivity contribution in [3.05, 3.63) is 90.1 Å². The summed E-state index contributed by atoms with van der Waals surface area (Å²) >= 11 is 0. The van der Waals surface area contributed by atoms with E-state index < -0.39 is 0 Å². The molecule has 3 aromatic carbocycles. The highest BCUT2D eigenvalue weighted by Crippen LogP contribution is 2.19. The second kappa shape index (κ2) is 5.27. The summed E-state index contributed by atoms with van der Waals surface area (Å²) in [5, 5.41) is 3.96. The minimum absolute atomic E-state index is 0.891. The van der Waals surface area contributed by atoms with Crippen molar-refractivity contribution in [2.24, 2.45) is 0 Å². The number of para-hydroxylation sites is 1. The van der Waals surface area contributed by atoms with Crippen LogP contribution in [0.25, 0.3) is 21.7 Å². The molecule has 106 valence electrons. The van der Waals surface area contributed by atoms with Gasteiger partial charge in [-0.05, 0) is 29.3 Å². The van der Waals surface area contributed by atoms with E-state index in [1.807, 2.05) is 0 Å². The Hall–Kier alpha value is -2.67. The van der Waals surface area contributed by atoms with Crippen molar-refractivity contribution in [3.8, 4) is 0 Å². The average Bonchev–Trinajstić information content (AvgIpc) is 2.58. The SMILES string of the molecule is Cc1cc[n+](Cc2cccc3ccccc23)c2ccccc12. The van der Waals surface area contributed by atoms with Crippen LogP contribution in [-0.2, 0) is 6.54 Å². The molecule has 4 aromatic rings. The van der Waals surface area contributed by atoms with Crippen LogP contribution in [0.1, 0.15) is 11.1 Å². The Kier molecular flexibility index (Phi) is 3.12. The number of rotatable bonds is 2. The van der Waals surface area contributed by atoms with Crippen molar-refractivity contribution >= 4 is 21.7 Å². The van der Waals surface area contributed by atoms with Gasteiger partial charge < -0.3 is 0 Å². The van der Waals surface area contributed by atoms with Crippen molar-refractivity contribution in [1.29, 1.82) is 0 Å². The topological polar surface area (TPSA) is 3.88 Å². The van der Waals surface area contributed by atoms with Crippen LogP contribution in [0.3, 0.4) is 0 Å². The Morgan fingerprint density at radius 1 is 0.727 bits per heavy atom. The lowest BCUT2D eigenvalue weighted by molar-refractivity contribution is -0.662. The lowest BCUT2D eigenvalue weighted by atomic mass is 10.0. The number of aromatic nitrogens is 1. The molecule has 0 aliphatic heterocycles. The van der Waals surface area contributed by atoms with Crippen LogP contribution in [0, 0.1) is 6.92 Å². The smallest absolute Gasteiger partial charge is 0.194 e. The number of benzene rings is 3. The predicted octanol–water partition coefficient (Wildman–Crippen LogP) is 4.64. The quantitative estimate of drug-likeness (QED) is 0.472. The molecule has 0 spiro atoms. The molecule has 22 heavy (non-hydrogen) atoms. The van der Waals surface area contributed by atoms with Crippen molar-refractivity contribution < 1.29 is 4.57 Å². The number of pyridine rings is 1. The van der Waals surface area contributed by atoms with E-state index in [0.717, 1.165) is 6.54 Å². The molecule has 1 heteroatoms. The summed E-state index contributed by atoms with van der Waals surface area (Å²) in [7, 11) is 0. The standard InChI is InChI=1S/C21H18N/c1-16-13-14-22(21-12-5-4-10-19(16)21)15-18-9-6-8-17-7-2-3-11-20(17)18/h2-14H,15H2,1H3/q+1. The van der Waals surface area contributed by atoms with Crippen LogP contribution in [0.2, 0.25) is 0 Å². The summed E-state index contributed by atoms with van der Waals surface area (Å²) in [6.07, 6.45) is 2.19. The lowest BCUT2D eigenvalue weighted by Crippen LogP contribution is -2.34. The average molecular weight is 284 g/mol. The largest absolute Gasteiger partial charge is 0.213 e. The van der Waals surface area contributed by atoms with Crippen LogP contribution >= 0.6 is 0 Å². The van der Waals surface area contributed by atoms with E-state index in [0.29, 0.717) is 0 Å². The summed E-state index contributed by atoms with van der Waals surface area (Å²) in [5.41, 5.74) is 3.97. The van der Waals surface area contributed by atoms with E-state index >= 15 is 0 Å². The number of aryl methyl sites for hydroxylation is 1. The molecule has 0 saturated heterocycles. The van der Waals surface area contributed by atoms with Gasteiger partial charge in [-0.2, -0.15) is 4.57 Å². The second-order valence-corrected chi connectivity index (χ2v) is 5.78. The summed E-state index contributed by atoms with van der Waals surface area (Å²) in [6.45, 7) is 3.06. The molecular weight excluding hydrogens is 266 g/mol. The Balaban J connectivity index is 1.88. The fourth-order valence-electron chi connectivity index (χ4n) is 3.18. The van der Waals surface area contributed by atoms with Crippen LogP contribution in [0.15, 0.2) is 79.0 Å². The number of hydrogen-bond acceptors (Lipinski definition) is 0. The van der Waals surface area contributed by atoms with E-state index in [4.69, 9.17) is 0 Å². The van der Waals surface area contributed by atoms with Gasteiger partial charge in [0.15, 0.2) is 12.7 Å². The number of fused-ring (bicyclic) bond motifs is 2. The van der Waals surface area contributed by atoms with Crippen molar-refractivity contribution in [1.82, 2.24) is 0 Å². The maximum atomic E-state index is 2.34. The first kappa shape index (κ1) is 13.0. The zero-order valence-electron chi connectivity index (χ0n) is 12.7. The van der Waals surface area contributed by atoms with E-state index in [2.05, 4.69) is 90.5 Å². The maximum absolute atomic E-state index is 2.34. The Labute approximate surface area is 130 Å². The van der Waals surface area contributed by atoms with Gasteiger partial charge in [-0.3, -0.25) is 0 Å². The monoisotopic (exact) mass is 284 g/mol. The van der Waals surface area contributed by atoms with Gasteiger partial charge in [-0.1, -0.05) is 54.6 Å². The molecule has 0 saturated carbocycles. The van der Waals surface area contributed by atoms with Gasteiger partial charge in [0.25, 0.3) is 0 Å². The summed E-state index contributed by atoms with van der Waals surface area (Å²) in [5.74, 6) is 0. The summed E-state index contributed by atoms with van der Waals surface area (Å²) < 4.78 is 2.34. The van der Waals surface area contributed by atoms with Crippen molar-refractivity contribution in [3.63, 3.8) is 0 Å². The number of nitrogens with zero attached hydrogens (tertiary/aromatic N) is 1. The molecule has 0 radical (unpaired) electrons. The van der Waals surface area contributed by atoms with Gasteiger partial charge in [-0.25, -0.2) is 0 Å². The van der Waals surface area contributed by atoms with Gasteiger partial charge in [0.1, 0.15) is 0 Å². The second-order valence-electron chi connectivity index (χ2n) is 5.78. The lowest BCUT2D eigenvalue weighted by Gasteiger charge is -2.06. The van der Waals surface area contributed by atoms with Gasteiger partial charge in [0.2, 0.25) is 5.52 Å². The van der Waals surface area contributed by atoms with Gasteiger partial charge in [-0.15, -0.1) is 0 Å². The molecule has 0 bridgehead atoms. The minimum atomic E-state index is 0.891. The van der Waals surface area contributed by atoms with Crippen molar-refractivity contribution in [2.45, 2.75) is 13.5 Å². The zero-order chi connectivity index (χ0) is 14.9. The fourth-order valence-corrected chi connectivity index (χ4v) is 3.18. The first-order valence-electron chi connectivity index (χ1n) is 7.67. The maximum Gasteiger partial charge on any atom is 0.213 e. The van der Waals surface area contributed by atoms with Gasteiger partial charge in [0, 0.05) is 23.1 Å². The Bertz CT molecular complexity index is 964. The van der Waals surface area contributed by atoms with Gasteiger partial charge >= 0.3 is 0 Å². The first-order valence-corrected chi connectivity index (χ1v) is 7.67. The van der Waals surface area contributed by atoms with E-state index in [9.17, 15) is 0 Å². The molecule has 0 N–H and O–H groups in total. The molecule has 1 heterocycles. The molecule has 1 aromatic heterocycles. The van der Waals surface area contributed by atoms with Crippen LogP contribution < -0.4 is 4.57 Å². The molecule has 0 atom stereocenters. The fraction of sp³-hybridized carbons (Fsp3) is 0.0952. The molecule has 0 fully saturated rings. The van der Waals surface area contributed by atoms with Crippen LogP contribution in [0.5, 0.6) is 0 Å². The third kappa shape index (κ3) is 2.15. The van der Waals surface area contributed by atoms with E-state index in [1.54, 1.807) is 0 Å². The highest BCUT2D eigenvalue weighted by atomic mass is 14.9. The molecule has 4 rings (SSSR count). The molecule has 0 amide bonds. The highest BCUT2D eigenvalue weighted by Gasteiger charge is 2.12. The van der Waals surface area contributed by atoms with Crippen LogP contribution in [-0.4, -0.2) is 0 Å². The molecule has 0 aliphatic carbocycles. The molecule has 1 nitrogen and oxygen atoms in total. The minimum Gasteiger partial charge on any atom is -0.194 e. The first-order chi connectivity index (χ1) is 10.8. The highest BCUT2D eigenvalue weighted by molar-refractivity contribution is 5.85. The van der Waals surface area contributed by atoms with Gasteiger partial charge in [0.05, 0.1) is 0 Å².